The Morgan fingerprint density at radius 3 is 2.89 bits per heavy atom. The molecule has 2 N–H and O–H groups in total. The van der Waals surface area contributed by atoms with E-state index in [1.54, 1.807) is 6.20 Å². The maximum absolute atomic E-state index is 11.9. The van der Waals surface area contributed by atoms with Crippen molar-refractivity contribution in [1.29, 1.82) is 0 Å². The van der Waals surface area contributed by atoms with Gasteiger partial charge in [-0.1, -0.05) is 25.7 Å². The molecule has 1 aromatic heterocycles. The highest BCUT2D eigenvalue weighted by Crippen LogP contribution is 2.27. The average molecular weight is 330 g/mol. The number of hydrogen-bond acceptors (Lipinski definition) is 4. The minimum Gasteiger partial charge on any atom is -0.394 e. The first-order valence-corrected chi connectivity index (χ1v) is 7.62. The molecule has 1 heterocycles. The van der Waals surface area contributed by atoms with Crippen LogP contribution in [0.1, 0.15) is 32.1 Å². The third kappa shape index (κ3) is 3.79. The zero-order valence-electron chi connectivity index (χ0n) is 10.9. The zero-order chi connectivity index (χ0) is 13.7. The fourth-order valence-electron chi connectivity index (χ4n) is 2.55. The molecule has 6 heteroatoms. The van der Waals surface area contributed by atoms with Crippen LogP contribution in [-0.4, -0.2) is 28.0 Å². The molecule has 1 aromatic rings. The zero-order valence-corrected chi connectivity index (χ0v) is 12.5. The van der Waals surface area contributed by atoms with Crippen molar-refractivity contribution >= 4 is 21.6 Å². The molecule has 0 spiro atoms. The Morgan fingerprint density at radius 2 is 2.21 bits per heavy atom. The van der Waals surface area contributed by atoms with E-state index in [1.165, 1.54) is 30.4 Å². The first-order chi connectivity index (χ1) is 9.22. The summed E-state index contributed by atoms with van der Waals surface area (Å²) in [5.74, 6) is 0.828. The van der Waals surface area contributed by atoms with Gasteiger partial charge >= 0.3 is 0 Å². The van der Waals surface area contributed by atoms with E-state index in [4.69, 9.17) is 5.11 Å². The van der Waals surface area contributed by atoms with Crippen molar-refractivity contribution in [2.75, 3.05) is 18.5 Å². The van der Waals surface area contributed by atoms with Gasteiger partial charge < -0.3 is 10.4 Å². The predicted molar refractivity (Wildman–Crippen MR) is 78.3 cm³/mol. The van der Waals surface area contributed by atoms with Crippen molar-refractivity contribution in [1.82, 2.24) is 9.78 Å². The number of nitrogens with one attached hydrogen (secondary N) is 1. The molecule has 0 aliphatic heterocycles. The summed E-state index contributed by atoms with van der Waals surface area (Å²) in [5, 5.41) is 16.1. The molecular weight excluding hydrogens is 310 g/mol. The van der Waals surface area contributed by atoms with Gasteiger partial charge in [0.25, 0.3) is 5.56 Å². The van der Waals surface area contributed by atoms with Crippen LogP contribution in [0.4, 0.5) is 5.69 Å². The molecule has 1 fully saturated rings. The van der Waals surface area contributed by atoms with Crippen molar-refractivity contribution in [3.8, 4) is 0 Å². The minimum absolute atomic E-state index is 0.0895. The Kier molecular flexibility index (Phi) is 5.39. The topological polar surface area (TPSA) is 67.2 Å². The lowest BCUT2D eigenvalue weighted by molar-refractivity contribution is 0.266. The summed E-state index contributed by atoms with van der Waals surface area (Å²) in [6.45, 7) is 1.00. The lowest BCUT2D eigenvalue weighted by Crippen LogP contribution is -2.26. The number of halogens is 1. The van der Waals surface area contributed by atoms with Crippen LogP contribution < -0.4 is 10.9 Å². The first-order valence-electron chi connectivity index (χ1n) is 6.82. The lowest BCUT2D eigenvalue weighted by Gasteiger charge is -2.12. The molecule has 0 saturated heterocycles. The van der Waals surface area contributed by atoms with Gasteiger partial charge in [0.1, 0.15) is 4.47 Å². The van der Waals surface area contributed by atoms with Crippen LogP contribution in [0.2, 0.25) is 0 Å². The molecule has 2 rings (SSSR count). The molecule has 0 aromatic carbocycles. The summed E-state index contributed by atoms with van der Waals surface area (Å²) in [4.78, 5) is 11.9. The van der Waals surface area contributed by atoms with Gasteiger partial charge in [-0.25, -0.2) is 4.68 Å². The van der Waals surface area contributed by atoms with Crippen LogP contribution in [0.25, 0.3) is 0 Å². The van der Waals surface area contributed by atoms with Crippen molar-refractivity contribution in [3.63, 3.8) is 0 Å². The van der Waals surface area contributed by atoms with Crippen LogP contribution in [0.3, 0.4) is 0 Å². The number of rotatable bonds is 6. The van der Waals surface area contributed by atoms with Crippen LogP contribution in [0.15, 0.2) is 15.5 Å². The summed E-state index contributed by atoms with van der Waals surface area (Å²) in [6, 6.07) is 0. The molecule has 1 aliphatic carbocycles. The summed E-state index contributed by atoms with van der Waals surface area (Å²) in [6.07, 6.45) is 8.15. The largest absolute Gasteiger partial charge is 0.394 e. The average Bonchev–Trinajstić information content (AvgIpc) is 2.91. The quantitative estimate of drug-likeness (QED) is 0.837. The number of nitrogens with zero attached hydrogens (tertiary/aromatic N) is 2. The molecule has 0 atom stereocenters. The Balaban J connectivity index is 1.92. The number of aliphatic hydroxyl groups excluding tert-OH is 1. The Hall–Kier alpha value is -0.880. The van der Waals surface area contributed by atoms with Gasteiger partial charge in [-0.05, 0) is 28.3 Å². The van der Waals surface area contributed by atoms with Crippen molar-refractivity contribution in [3.05, 3.63) is 21.0 Å². The van der Waals surface area contributed by atoms with Crippen molar-refractivity contribution in [2.24, 2.45) is 5.92 Å². The highest BCUT2D eigenvalue weighted by atomic mass is 79.9. The first kappa shape index (κ1) is 14.5. The van der Waals surface area contributed by atoms with E-state index in [9.17, 15) is 4.79 Å². The van der Waals surface area contributed by atoms with Crippen LogP contribution in [-0.2, 0) is 6.54 Å². The lowest BCUT2D eigenvalue weighted by atomic mass is 10.0. The van der Waals surface area contributed by atoms with Gasteiger partial charge in [0.2, 0.25) is 0 Å². The summed E-state index contributed by atoms with van der Waals surface area (Å²) < 4.78 is 1.74. The van der Waals surface area contributed by atoms with E-state index in [1.807, 2.05) is 0 Å². The van der Waals surface area contributed by atoms with Gasteiger partial charge in [0.15, 0.2) is 0 Å². The Bertz CT molecular complexity index is 469. The molecule has 0 unspecified atom stereocenters. The molecular formula is C13H20BrN3O2. The number of anilines is 1. The van der Waals surface area contributed by atoms with Gasteiger partial charge in [-0.2, -0.15) is 5.10 Å². The third-order valence-corrected chi connectivity index (χ3v) is 4.41. The van der Waals surface area contributed by atoms with Crippen molar-refractivity contribution < 1.29 is 5.11 Å². The summed E-state index contributed by atoms with van der Waals surface area (Å²) in [7, 11) is 0. The maximum Gasteiger partial charge on any atom is 0.283 e. The number of aromatic nitrogens is 2. The van der Waals surface area contributed by atoms with Gasteiger partial charge in [0.05, 0.1) is 25.0 Å². The number of hydrogen-bond donors (Lipinski definition) is 2. The van der Waals surface area contributed by atoms with E-state index in [0.717, 1.165) is 24.6 Å². The second-order valence-corrected chi connectivity index (χ2v) is 5.78. The molecule has 0 amide bonds. The standard InChI is InChI=1S/C13H20BrN3O2/c14-12-11(9-16-17(7-8-18)13(12)19)15-6-5-10-3-1-2-4-10/h9-10,15,18H,1-8H2. The summed E-state index contributed by atoms with van der Waals surface area (Å²) >= 11 is 3.30. The summed E-state index contributed by atoms with van der Waals surface area (Å²) in [5.41, 5.74) is 0.525. The molecule has 106 valence electrons. The van der Waals surface area contributed by atoms with E-state index >= 15 is 0 Å². The molecule has 19 heavy (non-hydrogen) atoms. The van der Waals surface area contributed by atoms with E-state index < -0.39 is 0 Å². The molecule has 0 radical (unpaired) electrons. The van der Waals surface area contributed by atoms with E-state index in [2.05, 4.69) is 26.3 Å². The monoisotopic (exact) mass is 329 g/mol. The normalized spacial score (nSPS) is 15.9. The second-order valence-electron chi connectivity index (χ2n) is 4.99. The Morgan fingerprint density at radius 1 is 1.47 bits per heavy atom. The van der Waals surface area contributed by atoms with Gasteiger partial charge in [-0.3, -0.25) is 4.79 Å². The third-order valence-electron chi connectivity index (χ3n) is 3.64. The maximum atomic E-state index is 11.9. The molecule has 1 aliphatic rings. The van der Waals surface area contributed by atoms with Crippen molar-refractivity contribution in [2.45, 2.75) is 38.6 Å². The highest BCUT2D eigenvalue weighted by Gasteiger charge is 2.15. The minimum atomic E-state index is -0.208. The molecule has 1 saturated carbocycles. The van der Waals surface area contributed by atoms with Gasteiger partial charge in [0, 0.05) is 6.54 Å². The Labute approximate surface area is 121 Å². The smallest absolute Gasteiger partial charge is 0.283 e. The molecule has 5 nitrogen and oxygen atoms in total. The highest BCUT2D eigenvalue weighted by molar-refractivity contribution is 9.10. The molecule has 0 bridgehead atoms. The predicted octanol–water partition coefficient (Wildman–Crippen LogP) is 1.99. The number of aliphatic hydroxyl groups is 1. The SMILES string of the molecule is O=c1c(Br)c(NCCC2CCCC2)cnn1CCO. The van der Waals surface area contributed by atoms with Gasteiger partial charge in [-0.15, -0.1) is 0 Å². The second kappa shape index (κ2) is 7.05. The fourth-order valence-corrected chi connectivity index (χ4v) is 3.00. The van der Waals surface area contributed by atoms with Crippen LogP contribution in [0, 0.1) is 5.92 Å². The fraction of sp³-hybridized carbons (Fsp3) is 0.692. The van der Waals surface area contributed by atoms with Crippen LogP contribution >= 0.6 is 15.9 Å². The van der Waals surface area contributed by atoms with E-state index in [0.29, 0.717) is 4.47 Å². The van der Waals surface area contributed by atoms with Crippen LogP contribution in [0.5, 0.6) is 0 Å². The van der Waals surface area contributed by atoms with E-state index in [-0.39, 0.29) is 18.7 Å².